The van der Waals surface area contributed by atoms with Crippen LogP contribution in [0.15, 0.2) is 0 Å². The fraction of sp³-hybridized carbons (Fsp3) is 1.00. The molecule has 0 amide bonds. The standard InChI is InChI=1S/C11H21NS.C9H19NS/c1-10-8-11-4-2-3-5-12(9-11)6-7-13-10;1-2-11-9-8-10-6-4-3-5-7-10/h10-11H,2-9H2,1H3;2-9H2,1H3. The quantitative estimate of drug-likeness (QED) is 0.651. The third kappa shape index (κ3) is 8.82. The van der Waals surface area contributed by atoms with Crippen LogP contribution in [0.5, 0.6) is 0 Å². The molecule has 2 nitrogen and oxygen atoms in total. The van der Waals surface area contributed by atoms with Crippen molar-refractivity contribution >= 4 is 23.5 Å². The largest absolute Gasteiger partial charge is 0.303 e. The second kappa shape index (κ2) is 12.9. The molecule has 0 spiro atoms. The number of thioether (sulfide) groups is 2. The van der Waals surface area contributed by atoms with Gasteiger partial charge in [0.15, 0.2) is 0 Å². The molecule has 0 saturated carbocycles. The zero-order valence-corrected chi connectivity index (χ0v) is 17.8. The van der Waals surface area contributed by atoms with Crippen molar-refractivity contribution in [1.29, 1.82) is 0 Å². The first-order valence-electron chi connectivity index (χ1n) is 10.4. The highest BCUT2D eigenvalue weighted by atomic mass is 32.2. The summed E-state index contributed by atoms with van der Waals surface area (Å²) in [7, 11) is 0. The Hall–Kier alpha value is 0.620. The van der Waals surface area contributed by atoms with Crippen LogP contribution in [0.1, 0.15) is 58.8 Å². The van der Waals surface area contributed by atoms with Crippen molar-refractivity contribution in [2.24, 2.45) is 5.92 Å². The second-order valence-corrected chi connectivity index (χ2v) is 10.6. The molecule has 142 valence electrons. The smallest absolute Gasteiger partial charge is 0.00726 e. The van der Waals surface area contributed by atoms with Gasteiger partial charge in [-0.25, -0.2) is 0 Å². The van der Waals surface area contributed by atoms with Crippen molar-refractivity contribution < 1.29 is 0 Å². The van der Waals surface area contributed by atoms with Crippen molar-refractivity contribution in [3.8, 4) is 0 Å². The lowest BCUT2D eigenvalue weighted by Crippen LogP contribution is -2.33. The van der Waals surface area contributed by atoms with Gasteiger partial charge in [-0.05, 0) is 63.4 Å². The normalized spacial score (nSPS) is 32.0. The number of hydrogen-bond acceptors (Lipinski definition) is 4. The Morgan fingerprint density at radius 3 is 2.58 bits per heavy atom. The highest BCUT2D eigenvalue weighted by molar-refractivity contribution is 7.99. The Kier molecular flexibility index (Phi) is 11.2. The van der Waals surface area contributed by atoms with Crippen LogP contribution in [0, 0.1) is 5.92 Å². The number of fused-ring (bicyclic) bond motifs is 2. The third-order valence-corrected chi connectivity index (χ3v) is 7.59. The van der Waals surface area contributed by atoms with E-state index in [1.165, 1.54) is 101 Å². The fourth-order valence-electron chi connectivity index (χ4n) is 4.15. The first-order valence-corrected chi connectivity index (χ1v) is 12.6. The highest BCUT2D eigenvalue weighted by Crippen LogP contribution is 2.28. The number of hydrogen-bond donors (Lipinski definition) is 0. The molecule has 3 aliphatic rings. The maximum absolute atomic E-state index is 2.69. The van der Waals surface area contributed by atoms with Gasteiger partial charge in [0.1, 0.15) is 0 Å². The molecule has 0 N–H and O–H groups in total. The Bertz CT molecular complexity index is 308. The Balaban J connectivity index is 0.000000177. The van der Waals surface area contributed by atoms with Gasteiger partial charge in [-0.2, -0.15) is 23.5 Å². The van der Waals surface area contributed by atoms with Crippen molar-refractivity contribution in [3.05, 3.63) is 0 Å². The molecule has 0 aromatic rings. The topological polar surface area (TPSA) is 6.48 Å². The van der Waals surface area contributed by atoms with E-state index in [9.17, 15) is 0 Å². The molecule has 0 aromatic carbocycles. The molecule has 3 unspecified atom stereocenters. The zero-order valence-electron chi connectivity index (χ0n) is 16.2. The molecular weight excluding hydrogens is 332 g/mol. The maximum Gasteiger partial charge on any atom is 0.00726 e. The lowest BCUT2D eigenvalue weighted by molar-refractivity contribution is 0.242. The molecule has 2 bridgehead atoms. The van der Waals surface area contributed by atoms with Gasteiger partial charge < -0.3 is 9.80 Å². The lowest BCUT2D eigenvalue weighted by Gasteiger charge is -2.29. The minimum Gasteiger partial charge on any atom is -0.303 e. The third-order valence-electron chi connectivity index (χ3n) is 5.53. The SMILES string of the molecule is CC1CC2CCCCN(CCS1)C2.CCSCCN1CCCCC1. The van der Waals surface area contributed by atoms with Gasteiger partial charge in [0.05, 0.1) is 0 Å². The second-order valence-electron chi connectivity index (χ2n) is 7.68. The summed E-state index contributed by atoms with van der Waals surface area (Å²) in [5.74, 6) is 4.96. The molecular formula is C20H40N2S2. The Morgan fingerprint density at radius 1 is 1.00 bits per heavy atom. The Morgan fingerprint density at radius 2 is 1.79 bits per heavy atom. The maximum atomic E-state index is 2.69. The zero-order chi connectivity index (χ0) is 17.0. The summed E-state index contributed by atoms with van der Waals surface area (Å²) in [6.45, 7) is 12.8. The minimum absolute atomic E-state index is 0.908. The lowest BCUT2D eigenvalue weighted by atomic mass is 9.98. The summed E-state index contributed by atoms with van der Waals surface area (Å²) in [6, 6.07) is 0. The highest BCUT2D eigenvalue weighted by Gasteiger charge is 2.22. The monoisotopic (exact) mass is 372 g/mol. The van der Waals surface area contributed by atoms with Crippen LogP contribution in [0.3, 0.4) is 0 Å². The van der Waals surface area contributed by atoms with E-state index in [1.54, 1.807) is 0 Å². The molecule has 3 fully saturated rings. The molecule has 0 radical (unpaired) electrons. The van der Waals surface area contributed by atoms with Gasteiger partial charge in [0.25, 0.3) is 0 Å². The van der Waals surface area contributed by atoms with Crippen LogP contribution in [0.4, 0.5) is 0 Å². The van der Waals surface area contributed by atoms with Crippen LogP contribution >= 0.6 is 23.5 Å². The van der Waals surface area contributed by atoms with Gasteiger partial charge in [0.2, 0.25) is 0 Å². The summed E-state index contributed by atoms with van der Waals surface area (Å²) >= 11 is 4.24. The summed E-state index contributed by atoms with van der Waals surface area (Å²) in [5.41, 5.74) is 0. The average molecular weight is 373 g/mol. The predicted octanol–water partition coefficient (Wildman–Crippen LogP) is 4.84. The summed E-state index contributed by atoms with van der Waals surface area (Å²) in [5, 5.41) is 0.908. The van der Waals surface area contributed by atoms with E-state index in [-0.39, 0.29) is 0 Å². The molecule has 3 atom stereocenters. The van der Waals surface area contributed by atoms with E-state index in [4.69, 9.17) is 0 Å². The van der Waals surface area contributed by atoms with Crippen molar-refractivity contribution in [2.75, 3.05) is 56.5 Å². The molecule has 24 heavy (non-hydrogen) atoms. The molecule has 3 rings (SSSR count). The summed E-state index contributed by atoms with van der Waals surface area (Å²) in [6.07, 6.45) is 10.2. The molecule has 0 aliphatic carbocycles. The van der Waals surface area contributed by atoms with Crippen LogP contribution in [0.2, 0.25) is 0 Å². The molecule has 3 saturated heterocycles. The average Bonchev–Trinajstić information content (AvgIpc) is 2.82. The van der Waals surface area contributed by atoms with Gasteiger partial charge in [0, 0.05) is 36.4 Å². The summed E-state index contributed by atoms with van der Waals surface area (Å²) in [4.78, 5) is 5.29. The van der Waals surface area contributed by atoms with E-state index in [0.29, 0.717) is 0 Å². The van der Waals surface area contributed by atoms with E-state index in [0.717, 1.165) is 11.2 Å². The Labute approximate surface area is 159 Å². The number of piperidine rings is 1. The van der Waals surface area contributed by atoms with E-state index in [1.807, 2.05) is 0 Å². The van der Waals surface area contributed by atoms with Crippen LogP contribution < -0.4 is 0 Å². The number of likely N-dealkylation sites (tertiary alicyclic amines) is 1. The van der Waals surface area contributed by atoms with E-state index in [2.05, 4.69) is 47.2 Å². The van der Waals surface area contributed by atoms with Crippen LogP contribution in [-0.4, -0.2) is 71.6 Å². The van der Waals surface area contributed by atoms with Gasteiger partial charge >= 0.3 is 0 Å². The number of nitrogens with zero attached hydrogens (tertiary/aromatic N) is 2. The minimum atomic E-state index is 0.908. The first kappa shape index (κ1) is 20.9. The van der Waals surface area contributed by atoms with E-state index < -0.39 is 0 Å². The fourth-order valence-corrected chi connectivity index (χ4v) is 6.00. The van der Waals surface area contributed by atoms with Gasteiger partial charge in [-0.15, -0.1) is 0 Å². The van der Waals surface area contributed by atoms with Gasteiger partial charge in [-0.1, -0.05) is 26.7 Å². The van der Waals surface area contributed by atoms with Crippen LogP contribution in [0.25, 0.3) is 0 Å². The van der Waals surface area contributed by atoms with E-state index >= 15 is 0 Å². The van der Waals surface area contributed by atoms with Crippen LogP contribution in [-0.2, 0) is 0 Å². The summed E-state index contributed by atoms with van der Waals surface area (Å²) < 4.78 is 0. The van der Waals surface area contributed by atoms with Crippen molar-refractivity contribution in [2.45, 2.75) is 64.0 Å². The van der Waals surface area contributed by atoms with Crippen molar-refractivity contribution in [1.82, 2.24) is 9.80 Å². The number of rotatable bonds is 4. The van der Waals surface area contributed by atoms with Gasteiger partial charge in [-0.3, -0.25) is 0 Å². The first-order chi connectivity index (χ1) is 11.8. The van der Waals surface area contributed by atoms with Crippen molar-refractivity contribution in [3.63, 3.8) is 0 Å². The molecule has 3 heterocycles. The predicted molar refractivity (Wildman–Crippen MR) is 114 cm³/mol. The molecule has 0 aromatic heterocycles. The molecule has 4 heteroatoms. The molecule has 3 aliphatic heterocycles.